The summed E-state index contributed by atoms with van der Waals surface area (Å²) in [5.74, 6) is 0.802. The average Bonchev–Trinajstić information content (AvgIpc) is 3.12. The van der Waals surface area contributed by atoms with Crippen LogP contribution in [-0.4, -0.2) is 55.7 Å². The van der Waals surface area contributed by atoms with E-state index in [-0.39, 0.29) is 11.9 Å². The van der Waals surface area contributed by atoms with E-state index in [4.69, 9.17) is 10.5 Å². The summed E-state index contributed by atoms with van der Waals surface area (Å²) in [6.07, 6.45) is 3.37. The van der Waals surface area contributed by atoms with Gasteiger partial charge in [-0.05, 0) is 51.5 Å². The fourth-order valence-electron chi connectivity index (χ4n) is 3.52. The fourth-order valence-corrected chi connectivity index (χ4v) is 3.52. The highest BCUT2D eigenvalue weighted by atomic mass is 16.5. The number of carbonyl (C=O) groups excluding carboxylic acids is 1. The third-order valence-electron chi connectivity index (χ3n) is 4.51. The van der Waals surface area contributed by atoms with Crippen LogP contribution in [0.5, 0.6) is 0 Å². The van der Waals surface area contributed by atoms with Crippen LogP contribution in [0.3, 0.4) is 0 Å². The summed E-state index contributed by atoms with van der Waals surface area (Å²) >= 11 is 0. The number of hydrogen-bond donors (Lipinski definition) is 2. The molecule has 2 fully saturated rings. The summed E-state index contributed by atoms with van der Waals surface area (Å²) in [6, 6.07) is 0.264. The molecule has 0 bridgehead atoms. The Morgan fingerprint density at radius 2 is 2.15 bits per heavy atom. The van der Waals surface area contributed by atoms with Crippen LogP contribution in [0.1, 0.15) is 33.1 Å². The minimum atomic E-state index is -0.546. The van der Waals surface area contributed by atoms with Crippen LogP contribution < -0.4 is 11.1 Å². The number of nitrogens with two attached hydrogens (primary N) is 1. The number of nitrogens with zero attached hydrogens (tertiary/aromatic N) is 1. The molecule has 2 rings (SSSR count). The molecule has 0 aromatic rings. The van der Waals surface area contributed by atoms with Gasteiger partial charge in [-0.15, -0.1) is 0 Å². The lowest BCUT2D eigenvalue weighted by molar-refractivity contribution is -0.126. The maximum atomic E-state index is 12.1. The van der Waals surface area contributed by atoms with Crippen molar-refractivity contribution in [2.75, 3.05) is 33.4 Å². The van der Waals surface area contributed by atoms with Gasteiger partial charge in [0.2, 0.25) is 5.91 Å². The molecule has 1 saturated carbocycles. The fraction of sp³-hybridized carbons (Fsp3) is 0.933. The second kappa shape index (κ2) is 6.41. The Hall–Kier alpha value is -0.650. The van der Waals surface area contributed by atoms with E-state index < -0.39 is 5.54 Å². The molecule has 2 atom stereocenters. The first-order chi connectivity index (χ1) is 9.48. The summed E-state index contributed by atoms with van der Waals surface area (Å²) in [6.45, 7) is 7.76. The molecule has 5 heteroatoms. The summed E-state index contributed by atoms with van der Waals surface area (Å²) in [4.78, 5) is 14.5. The zero-order chi connectivity index (χ0) is 14.8. The Morgan fingerprint density at radius 1 is 1.45 bits per heavy atom. The van der Waals surface area contributed by atoms with Crippen LogP contribution in [0.15, 0.2) is 0 Å². The quantitative estimate of drug-likeness (QED) is 0.684. The molecule has 116 valence electrons. The smallest absolute Gasteiger partial charge is 0.239 e. The SMILES string of the molecule is COCC1CCN(CC(NC(C)C)(C(N)=O)C2CC2)C1. The normalized spacial score (nSPS) is 26.9. The molecule has 0 radical (unpaired) electrons. The Balaban J connectivity index is 2.02. The minimum Gasteiger partial charge on any atom is -0.384 e. The minimum absolute atomic E-state index is 0.191. The van der Waals surface area contributed by atoms with Gasteiger partial charge in [-0.25, -0.2) is 0 Å². The lowest BCUT2D eigenvalue weighted by Gasteiger charge is -2.37. The maximum Gasteiger partial charge on any atom is 0.239 e. The van der Waals surface area contributed by atoms with Gasteiger partial charge in [0.15, 0.2) is 0 Å². The predicted molar refractivity (Wildman–Crippen MR) is 79.3 cm³/mol. The molecular formula is C15H29N3O2. The average molecular weight is 283 g/mol. The number of rotatable bonds is 8. The number of primary amides is 1. The molecule has 0 spiro atoms. The standard InChI is InChI=1S/C15H29N3O2/c1-11(2)17-15(14(16)19,13-4-5-13)10-18-7-6-12(8-18)9-20-3/h11-13,17H,4-10H2,1-3H3,(H2,16,19). The van der Waals surface area contributed by atoms with Crippen LogP contribution in [0.25, 0.3) is 0 Å². The van der Waals surface area contributed by atoms with Crippen molar-refractivity contribution < 1.29 is 9.53 Å². The van der Waals surface area contributed by atoms with Gasteiger partial charge in [-0.3, -0.25) is 10.1 Å². The highest BCUT2D eigenvalue weighted by Crippen LogP contribution is 2.41. The van der Waals surface area contributed by atoms with Crippen LogP contribution >= 0.6 is 0 Å². The van der Waals surface area contributed by atoms with Crippen molar-refractivity contribution >= 4 is 5.91 Å². The molecule has 2 unspecified atom stereocenters. The van der Waals surface area contributed by atoms with E-state index >= 15 is 0 Å². The van der Waals surface area contributed by atoms with Gasteiger partial charge < -0.3 is 15.4 Å². The number of amides is 1. The Labute approximate surface area is 122 Å². The zero-order valence-electron chi connectivity index (χ0n) is 13.0. The lowest BCUT2D eigenvalue weighted by Crippen LogP contribution is -2.64. The summed E-state index contributed by atoms with van der Waals surface area (Å²) < 4.78 is 5.24. The number of hydrogen-bond acceptors (Lipinski definition) is 4. The Kier molecular flexibility index (Phi) is 5.04. The van der Waals surface area contributed by atoms with E-state index in [0.29, 0.717) is 11.8 Å². The van der Waals surface area contributed by atoms with E-state index in [1.807, 2.05) is 0 Å². The van der Waals surface area contributed by atoms with Crippen molar-refractivity contribution in [3.05, 3.63) is 0 Å². The second-order valence-corrected chi connectivity index (χ2v) is 6.75. The molecule has 0 aromatic heterocycles. The van der Waals surface area contributed by atoms with E-state index in [1.165, 1.54) is 0 Å². The van der Waals surface area contributed by atoms with Gasteiger partial charge in [0, 0.05) is 26.2 Å². The summed E-state index contributed by atoms with van der Waals surface area (Å²) in [7, 11) is 1.75. The van der Waals surface area contributed by atoms with Gasteiger partial charge in [0.1, 0.15) is 5.54 Å². The van der Waals surface area contributed by atoms with E-state index in [9.17, 15) is 4.79 Å². The highest BCUT2D eigenvalue weighted by Gasteiger charge is 2.51. The van der Waals surface area contributed by atoms with Crippen LogP contribution in [0.2, 0.25) is 0 Å². The van der Waals surface area contributed by atoms with Crippen LogP contribution in [0, 0.1) is 11.8 Å². The Morgan fingerprint density at radius 3 is 2.65 bits per heavy atom. The number of nitrogens with one attached hydrogen (secondary N) is 1. The molecule has 2 aliphatic rings. The number of likely N-dealkylation sites (tertiary alicyclic amines) is 1. The molecule has 1 saturated heterocycles. The van der Waals surface area contributed by atoms with Crippen LogP contribution in [-0.2, 0) is 9.53 Å². The summed E-state index contributed by atoms with van der Waals surface area (Å²) in [5.41, 5.74) is 5.23. The van der Waals surface area contributed by atoms with Crippen molar-refractivity contribution in [2.24, 2.45) is 17.6 Å². The van der Waals surface area contributed by atoms with E-state index in [0.717, 1.165) is 45.5 Å². The summed E-state index contributed by atoms with van der Waals surface area (Å²) in [5, 5.41) is 3.48. The van der Waals surface area contributed by atoms with Gasteiger partial charge in [0.25, 0.3) is 0 Å². The van der Waals surface area contributed by atoms with Crippen molar-refractivity contribution in [3.63, 3.8) is 0 Å². The molecule has 1 heterocycles. The molecule has 1 amide bonds. The second-order valence-electron chi connectivity index (χ2n) is 6.75. The molecule has 1 aliphatic heterocycles. The predicted octanol–water partition coefficient (Wildman–Crippen LogP) is 0.587. The monoisotopic (exact) mass is 283 g/mol. The van der Waals surface area contributed by atoms with Gasteiger partial charge in [-0.2, -0.15) is 0 Å². The van der Waals surface area contributed by atoms with Gasteiger partial charge >= 0.3 is 0 Å². The topological polar surface area (TPSA) is 67.6 Å². The van der Waals surface area contributed by atoms with E-state index in [1.54, 1.807) is 7.11 Å². The number of ether oxygens (including phenoxy) is 1. The third kappa shape index (κ3) is 3.51. The first kappa shape index (κ1) is 15.7. The van der Waals surface area contributed by atoms with Crippen molar-refractivity contribution in [2.45, 2.75) is 44.7 Å². The molecule has 5 nitrogen and oxygen atoms in total. The van der Waals surface area contributed by atoms with Crippen molar-refractivity contribution in [1.82, 2.24) is 10.2 Å². The first-order valence-corrected chi connectivity index (χ1v) is 7.77. The lowest BCUT2D eigenvalue weighted by atomic mass is 9.90. The number of carbonyl (C=O) groups is 1. The molecular weight excluding hydrogens is 254 g/mol. The molecule has 1 aliphatic carbocycles. The van der Waals surface area contributed by atoms with Crippen molar-refractivity contribution in [3.8, 4) is 0 Å². The third-order valence-corrected chi connectivity index (χ3v) is 4.51. The molecule has 0 aromatic carbocycles. The molecule has 3 N–H and O–H groups in total. The van der Waals surface area contributed by atoms with Gasteiger partial charge in [-0.1, -0.05) is 0 Å². The largest absolute Gasteiger partial charge is 0.384 e. The van der Waals surface area contributed by atoms with Gasteiger partial charge in [0.05, 0.1) is 6.61 Å². The first-order valence-electron chi connectivity index (χ1n) is 7.77. The van der Waals surface area contributed by atoms with Crippen molar-refractivity contribution in [1.29, 1.82) is 0 Å². The van der Waals surface area contributed by atoms with Crippen LogP contribution in [0.4, 0.5) is 0 Å². The maximum absolute atomic E-state index is 12.1. The number of methoxy groups -OCH3 is 1. The zero-order valence-corrected chi connectivity index (χ0v) is 13.0. The highest BCUT2D eigenvalue weighted by molar-refractivity contribution is 5.86. The Bertz CT molecular complexity index is 344. The molecule has 20 heavy (non-hydrogen) atoms. The van der Waals surface area contributed by atoms with E-state index in [2.05, 4.69) is 24.1 Å².